The van der Waals surface area contributed by atoms with Gasteiger partial charge in [-0.05, 0) is 49.8 Å². The van der Waals surface area contributed by atoms with Crippen LogP contribution < -0.4 is 10.2 Å². The first-order chi connectivity index (χ1) is 14.7. The zero-order chi connectivity index (χ0) is 22.2. The van der Waals surface area contributed by atoms with Crippen molar-refractivity contribution in [1.29, 1.82) is 0 Å². The number of halogens is 4. The van der Waals surface area contributed by atoms with Crippen molar-refractivity contribution in [3.05, 3.63) is 28.8 Å². The van der Waals surface area contributed by atoms with Crippen LogP contribution in [-0.2, 0) is 11.0 Å². The quantitative estimate of drug-likeness (QED) is 0.580. The Hall–Kier alpha value is -1.94. The van der Waals surface area contributed by atoms with Crippen LogP contribution in [0.15, 0.2) is 23.4 Å². The molecule has 2 heterocycles. The van der Waals surface area contributed by atoms with Gasteiger partial charge in [-0.1, -0.05) is 30.3 Å². The number of amides is 1. The van der Waals surface area contributed by atoms with Gasteiger partial charge in [0.15, 0.2) is 5.16 Å². The van der Waals surface area contributed by atoms with Gasteiger partial charge in [-0.15, -0.1) is 10.2 Å². The van der Waals surface area contributed by atoms with Crippen LogP contribution in [-0.4, -0.2) is 39.5 Å². The average Bonchev–Trinajstić information content (AvgIpc) is 3.47. The van der Waals surface area contributed by atoms with E-state index in [0.29, 0.717) is 17.1 Å². The smallest absolute Gasteiger partial charge is 0.341 e. The minimum absolute atomic E-state index is 0.0446. The summed E-state index contributed by atoms with van der Waals surface area (Å²) in [5.41, 5.74) is -1.28. The average molecular weight is 474 g/mol. The van der Waals surface area contributed by atoms with Crippen molar-refractivity contribution in [1.82, 2.24) is 14.8 Å². The molecule has 2 aromatic rings. The molecular formula is C20H23ClF3N5OS. The van der Waals surface area contributed by atoms with Gasteiger partial charge < -0.3 is 10.2 Å². The van der Waals surface area contributed by atoms with Crippen LogP contribution in [0, 0.1) is 5.92 Å². The van der Waals surface area contributed by atoms with Crippen molar-refractivity contribution in [3.63, 3.8) is 0 Å². The fourth-order valence-corrected chi connectivity index (χ4v) is 4.59. The third-order valence-electron chi connectivity index (χ3n) is 5.52. The molecule has 1 aromatic carbocycles. The number of hydrogen-bond donors (Lipinski definition) is 1. The van der Waals surface area contributed by atoms with Crippen LogP contribution >= 0.6 is 23.4 Å². The summed E-state index contributed by atoms with van der Waals surface area (Å²) in [6, 6.07) is 3.60. The fourth-order valence-electron chi connectivity index (χ4n) is 3.62. The zero-order valence-corrected chi connectivity index (χ0v) is 18.5. The van der Waals surface area contributed by atoms with Gasteiger partial charge in [0.2, 0.25) is 11.9 Å². The summed E-state index contributed by atoms with van der Waals surface area (Å²) in [6.45, 7) is 4.09. The molecule has 1 aliphatic carbocycles. The fraction of sp³-hybridized carbons (Fsp3) is 0.550. The maximum Gasteiger partial charge on any atom is 0.418 e. The maximum absolute atomic E-state index is 13.2. The van der Waals surface area contributed by atoms with Crippen LogP contribution in [0.3, 0.4) is 0 Å². The lowest BCUT2D eigenvalue weighted by atomic mass is 10.00. The summed E-state index contributed by atoms with van der Waals surface area (Å²) >= 11 is 6.88. The van der Waals surface area contributed by atoms with Gasteiger partial charge in [-0.3, -0.25) is 9.36 Å². The molecule has 0 radical (unpaired) electrons. The van der Waals surface area contributed by atoms with E-state index in [0.717, 1.165) is 56.9 Å². The molecule has 1 aromatic heterocycles. The third kappa shape index (κ3) is 5.28. The number of nitrogens with one attached hydrogen (secondary N) is 1. The van der Waals surface area contributed by atoms with Crippen molar-refractivity contribution in [2.75, 3.05) is 29.1 Å². The number of nitrogens with zero attached hydrogens (tertiary/aromatic N) is 4. The zero-order valence-electron chi connectivity index (χ0n) is 17.0. The summed E-state index contributed by atoms with van der Waals surface area (Å²) in [5, 5.41) is 11.6. The molecule has 2 aliphatic rings. The van der Waals surface area contributed by atoms with Gasteiger partial charge in [-0.25, -0.2) is 0 Å². The number of piperidine rings is 1. The van der Waals surface area contributed by atoms with E-state index in [-0.39, 0.29) is 16.5 Å². The minimum Gasteiger partial charge on any atom is -0.341 e. The Morgan fingerprint density at radius 1 is 1.23 bits per heavy atom. The summed E-state index contributed by atoms with van der Waals surface area (Å²) in [7, 11) is 0. The highest BCUT2D eigenvalue weighted by molar-refractivity contribution is 7.99. The van der Waals surface area contributed by atoms with Crippen LogP contribution in [0.2, 0.25) is 5.02 Å². The maximum atomic E-state index is 13.2. The molecule has 168 valence electrons. The Bertz CT molecular complexity index is 955. The highest BCUT2D eigenvalue weighted by Gasteiger charge is 2.35. The molecule has 4 rings (SSSR count). The number of hydrogen-bond acceptors (Lipinski definition) is 5. The predicted molar refractivity (Wildman–Crippen MR) is 115 cm³/mol. The van der Waals surface area contributed by atoms with Gasteiger partial charge in [0.1, 0.15) is 0 Å². The first-order valence-electron chi connectivity index (χ1n) is 10.2. The highest BCUT2D eigenvalue weighted by Crippen LogP contribution is 2.41. The van der Waals surface area contributed by atoms with Crippen molar-refractivity contribution in [2.24, 2.45) is 5.92 Å². The molecule has 6 nitrogen and oxygen atoms in total. The van der Waals surface area contributed by atoms with E-state index in [1.54, 1.807) is 0 Å². The number of carbonyl (C=O) groups is 1. The first kappa shape index (κ1) is 22.3. The molecule has 1 N–H and O–H groups in total. The number of aromatic nitrogens is 3. The van der Waals surface area contributed by atoms with Crippen molar-refractivity contribution in [3.8, 4) is 0 Å². The van der Waals surface area contributed by atoms with E-state index in [1.807, 2.05) is 0 Å². The number of benzene rings is 1. The second-order valence-corrected chi connectivity index (χ2v) is 9.46. The normalized spacial score (nSPS) is 17.8. The lowest BCUT2D eigenvalue weighted by molar-refractivity contribution is -0.137. The summed E-state index contributed by atoms with van der Waals surface area (Å²) in [6.07, 6.45) is -0.340. The summed E-state index contributed by atoms with van der Waals surface area (Å²) in [4.78, 5) is 14.6. The molecule has 2 fully saturated rings. The number of rotatable bonds is 6. The van der Waals surface area contributed by atoms with Crippen LogP contribution in [0.4, 0.5) is 24.8 Å². The van der Waals surface area contributed by atoms with E-state index >= 15 is 0 Å². The van der Waals surface area contributed by atoms with Gasteiger partial charge in [0.25, 0.3) is 0 Å². The van der Waals surface area contributed by atoms with Crippen LogP contribution in [0.5, 0.6) is 0 Å². The number of anilines is 2. The van der Waals surface area contributed by atoms with E-state index in [9.17, 15) is 18.0 Å². The second kappa shape index (κ2) is 8.90. The van der Waals surface area contributed by atoms with E-state index in [1.165, 1.54) is 17.8 Å². The van der Waals surface area contributed by atoms with Gasteiger partial charge in [0, 0.05) is 24.2 Å². The predicted octanol–water partition coefficient (Wildman–Crippen LogP) is 5.25. The molecular weight excluding hydrogens is 451 g/mol. The second-order valence-electron chi connectivity index (χ2n) is 8.08. The largest absolute Gasteiger partial charge is 0.418 e. The monoisotopic (exact) mass is 473 g/mol. The lowest BCUT2D eigenvalue weighted by Gasteiger charge is -2.31. The molecule has 1 saturated carbocycles. The molecule has 31 heavy (non-hydrogen) atoms. The first-order valence-corrected chi connectivity index (χ1v) is 11.6. The Labute approximate surface area is 187 Å². The van der Waals surface area contributed by atoms with Crippen LogP contribution in [0.1, 0.15) is 44.2 Å². The number of alkyl halides is 3. The van der Waals surface area contributed by atoms with Crippen LogP contribution in [0.25, 0.3) is 0 Å². The van der Waals surface area contributed by atoms with Crippen molar-refractivity contribution in [2.45, 2.75) is 50.0 Å². The van der Waals surface area contributed by atoms with Crippen molar-refractivity contribution >= 4 is 40.9 Å². The molecule has 0 bridgehead atoms. The standard InChI is InChI=1S/C20H23ClF3N5OS/c1-12-6-8-28(9-7-12)18-26-27-19(29(18)14-3-4-14)31-11-17(30)25-16-5-2-13(21)10-15(16)20(22,23)24/h2,5,10,12,14H,3-4,6-9,11H2,1H3,(H,25,30). The highest BCUT2D eigenvalue weighted by atomic mass is 35.5. The van der Waals surface area contributed by atoms with E-state index in [2.05, 4.69) is 31.9 Å². The Morgan fingerprint density at radius 2 is 1.94 bits per heavy atom. The summed E-state index contributed by atoms with van der Waals surface area (Å²) in [5.74, 6) is 0.911. The number of thioether (sulfide) groups is 1. The topological polar surface area (TPSA) is 63.1 Å². The molecule has 0 spiro atoms. The molecule has 1 saturated heterocycles. The van der Waals surface area contributed by atoms with Gasteiger partial charge in [-0.2, -0.15) is 13.2 Å². The molecule has 0 atom stereocenters. The van der Waals surface area contributed by atoms with Gasteiger partial charge in [0.05, 0.1) is 17.0 Å². The van der Waals surface area contributed by atoms with E-state index < -0.39 is 17.6 Å². The molecule has 1 aliphatic heterocycles. The lowest BCUT2D eigenvalue weighted by Crippen LogP contribution is -2.34. The number of carbonyl (C=O) groups excluding carboxylic acids is 1. The SMILES string of the molecule is CC1CCN(c2nnc(SCC(=O)Nc3ccc(Cl)cc3C(F)(F)F)n2C2CC2)CC1. The third-order valence-corrected chi connectivity index (χ3v) is 6.70. The molecule has 0 unspecified atom stereocenters. The molecule has 1 amide bonds. The Morgan fingerprint density at radius 3 is 2.58 bits per heavy atom. The van der Waals surface area contributed by atoms with Crippen molar-refractivity contribution < 1.29 is 18.0 Å². The van der Waals surface area contributed by atoms with Gasteiger partial charge >= 0.3 is 6.18 Å². The van der Waals surface area contributed by atoms with E-state index in [4.69, 9.17) is 11.6 Å². The Balaban J connectivity index is 1.44. The minimum atomic E-state index is -4.62. The molecule has 11 heteroatoms. The summed E-state index contributed by atoms with van der Waals surface area (Å²) < 4.78 is 41.8. The Kier molecular flexibility index (Phi) is 6.39.